The first kappa shape index (κ1) is 22.5. The summed E-state index contributed by atoms with van der Waals surface area (Å²) in [4.78, 5) is 12.9. The molecular formula is C24H22ClFN2O3S. The summed E-state index contributed by atoms with van der Waals surface area (Å²) in [5.74, 6) is -0.756. The maximum absolute atomic E-state index is 13.9. The lowest BCUT2D eigenvalue weighted by Gasteiger charge is -2.36. The molecule has 4 rings (SSSR count). The minimum Gasteiger partial charge on any atom is -0.352 e. The highest BCUT2D eigenvalue weighted by molar-refractivity contribution is 7.89. The first-order valence-corrected chi connectivity index (χ1v) is 12.0. The zero-order valence-corrected chi connectivity index (χ0v) is 18.7. The van der Waals surface area contributed by atoms with Crippen LogP contribution in [0.4, 0.5) is 4.39 Å². The molecule has 1 atom stereocenters. The van der Waals surface area contributed by atoms with Crippen LogP contribution in [0.15, 0.2) is 77.7 Å². The number of amides is 1. The molecule has 1 unspecified atom stereocenters. The Bertz CT molecular complexity index is 1230. The summed E-state index contributed by atoms with van der Waals surface area (Å²) >= 11 is 5.92. The van der Waals surface area contributed by atoms with E-state index < -0.39 is 21.9 Å². The van der Waals surface area contributed by atoms with E-state index in [4.69, 9.17) is 11.6 Å². The summed E-state index contributed by atoms with van der Waals surface area (Å²) in [6, 6.07) is 19.1. The van der Waals surface area contributed by atoms with Gasteiger partial charge in [0.1, 0.15) is 5.82 Å². The highest BCUT2D eigenvalue weighted by Crippen LogP contribution is 2.36. The third-order valence-electron chi connectivity index (χ3n) is 5.60. The molecule has 3 aromatic rings. The van der Waals surface area contributed by atoms with Gasteiger partial charge in [-0.05, 0) is 47.9 Å². The number of carbonyl (C=O) groups excluding carboxylic acids is 1. The van der Waals surface area contributed by atoms with E-state index in [1.165, 1.54) is 34.6 Å². The van der Waals surface area contributed by atoms with Crippen LogP contribution in [0.25, 0.3) is 0 Å². The number of hydrogen-bond acceptors (Lipinski definition) is 3. The minimum absolute atomic E-state index is 0.0316. The molecule has 3 aromatic carbocycles. The van der Waals surface area contributed by atoms with E-state index in [1.807, 2.05) is 24.3 Å². The Balaban J connectivity index is 1.60. The summed E-state index contributed by atoms with van der Waals surface area (Å²) < 4.78 is 42.1. The van der Waals surface area contributed by atoms with Gasteiger partial charge in [0.2, 0.25) is 15.9 Å². The van der Waals surface area contributed by atoms with E-state index in [0.29, 0.717) is 17.0 Å². The Kier molecular flexibility index (Phi) is 6.60. The SMILES string of the molecule is O=C(CC1c2ccccc2CCN1S(=O)(=O)c1ccc(Cl)cc1)NCc1ccccc1F. The molecule has 0 fully saturated rings. The molecule has 1 N–H and O–H groups in total. The molecule has 1 amide bonds. The first-order valence-electron chi connectivity index (χ1n) is 10.2. The summed E-state index contributed by atoms with van der Waals surface area (Å²) in [5, 5.41) is 3.16. The molecule has 1 aliphatic heterocycles. The quantitative estimate of drug-likeness (QED) is 0.575. The van der Waals surface area contributed by atoms with Gasteiger partial charge in [0.25, 0.3) is 0 Å². The Labute approximate surface area is 191 Å². The normalized spacial score (nSPS) is 16.4. The van der Waals surface area contributed by atoms with E-state index in [9.17, 15) is 17.6 Å². The number of nitrogens with one attached hydrogen (secondary N) is 1. The maximum Gasteiger partial charge on any atom is 0.243 e. The van der Waals surface area contributed by atoms with Gasteiger partial charge in [0.05, 0.1) is 10.9 Å². The van der Waals surface area contributed by atoms with Crippen LogP contribution in [0.1, 0.15) is 29.2 Å². The third-order valence-corrected chi connectivity index (χ3v) is 7.77. The molecule has 0 aromatic heterocycles. The fourth-order valence-corrected chi connectivity index (χ4v) is 5.68. The maximum atomic E-state index is 13.9. The van der Waals surface area contributed by atoms with Gasteiger partial charge >= 0.3 is 0 Å². The molecule has 32 heavy (non-hydrogen) atoms. The second kappa shape index (κ2) is 9.40. The molecule has 1 heterocycles. The first-order chi connectivity index (χ1) is 15.4. The van der Waals surface area contributed by atoms with E-state index >= 15 is 0 Å². The molecule has 5 nitrogen and oxygen atoms in total. The van der Waals surface area contributed by atoms with Crippen molar-refractivity contribution >= 4 is 27.5 Å². The van der Waals surface area contributed by atoms with Gasteiger partial charge in [-0.15, -0.1) is 0 Å². The largest absolute Gasteiger partial charge is 0.352 e. The second-order valence-electron chi connectivity index (χ2n) is 7.61. The molecule has 0 saturated heterocycles. The zero-order valence-electron chi connectivity index (χ0n) is 17.2. The van der Waals surface area contributed by atoms with Crippen LogP contribution in [-0.4, -0.2) is 25.2 Å². The summed E-state index contributed by atoms with van der Waals surface area (Å²) in [6.07, 6.45) is 0.481. The average Bonchev–Trinajstić information content (AvgIpc) is 2.79. The van der Waals surface area contributed by atoms with Crippen LogP contribution >= 0.6 is 11.6 Å². The summed E-state index contributed by atoms with van der Waals surface area (Å²) in [5.41, 5.74) is 2.19. The van der Waals surface area contributed by atoms with E-state index in [0.717, 1.165) is 11.1 Å². The predicted octanol–water partition coefficient (Wildman–Crippen LogP) is 4.47. The zero-order chi connectivity index (χ0) is 22.7. The fourth-order valence-electron chi connectivity index (χ4n) is 3.95. The van der Waals surface area contributed by atoms with Crippen LogP contribution < -0.4 is 5.32 Å². The van der Waals surface area contributed by atoms with Crippen molar-refractivity contribution < 1.29 is 17.6 Å². The van der Waals surface area contributed by atoms with Crippen molar-refractivity contribution in [1.82, 2.24) is 9.62 Å². The van der Waals surface area contributed by atoms with Crippen molar-refractivity contribution in [1.29, 1.82) is 0 Å². The third kappa shape index (κ3) is 4.70. The molecule has 0 bridgehead atoms. The molecule has 0 radical (unpaired) electrons. The molecule has 0 saturated carbocycles. The van der Waals surface area contributed by atoms with Gasteiger partial charge in [-0.1, -0.05) is 54.1 Å². The van der Waals surface area contributed by atoms with Crippen molar-refractivity contribution in [3.05, 3.63) is 100 Å². The average molecular weight is 473 g/mol. The Morgan fingerprint density at radius 3 is 2.47 bits per heavy atom. The lowest BCUT2D eigenvalue weighted by Crippen LogP contribution is -2.42. The number of fused-ring (bicyclic) bond motifs is 1. The number of benzene rings is 3. The predicted molar refractivity (Wildman–Crippen MR) is 121 cm³/mol. The molecule has 166 valence electrons. The summed E-state index contributed by atoms with van der Waals surface area (Å²) in [6.45, 7) is 0.289. The van der Waals surface area contributed by atoms with Crippen molar-refractivity contribution in [2.24, 2.45) is 0 Å². The lowest BCUT2D eigenvalue weighted by molar-refractivity contribution is -0.122. The Morgan fingerprint density at radius 2 is 1.72 bits per heavy atom. The molecule has 0 aliphatic carbocycles. The van der Waals surface area contributed by atoms with Crippen molar-refractivity contribution in [2.75, 3.05) is 6.54 Å². The van der Waals surface area contributed by atoms with Gasteiger partial charge in [-0.3, -0.25) is 4.79 Å². The van der Waals surface area contributed by atoms with Crippen LogP contribution in [-0.2, 0) is 27.8 Å². The van der Waals surface area contributed by atoms with Crippen molar-refractivity contribution in [3.8, 4) is 0 Å². The van der Waals surface area contributed by atoms with Crippen LogP contribution in [0.5, 0.6) is 0 Å². The Hall–Kier alpha value is -2.74. The van der Waals surface area contributed by atoms with Gasteiger partial charge in [-0.2, -0.15) is 4.31 Å². The van der Waals surface area contributed by atoms with E-state index in [-0.39, 0.29) is 30.3 Å². The van der Waals surface area contributed by atoms with E-state index in [2.05, 4.69) is 5.32 Å². The van der Waals surface area contributed by atoms with Crippen molar-refractivity contribution in [3.63, 3.8) is 0 Å². The van der Waals surface area contributed by atoms with Gasteiger partial charge in [0.15, 0.2) is 0 Å². The Morgan fingerprint density at radius 1 is 1.03 bits per heavy atom. The number of nitrogens with zero attached hydrogens (tertiary/aromatic N) is 1. The lowest BCUT2D eigenvalue weighted by atomic mass is 9.92. The summed E-state index contributed by atoms with van der Waals surface area (Å²) in [7, 11) is -3.86. The fraction of sp³-hybridized carbons (Fsp3) is 0.208. The van der Waals surface area contributed by atoms with Gasteiger partial charge in [0, 0.05) is 30.1 Å². The van der Waals surface area contributed by atoms with Crippen LogP contribution in [0, 0.1) is 5.82 Å². The van der Waals surface area contributed by atoms with Crippen LogP contribution in [0.2, 0.25) is 5.02 Å². The van der Waals surface area contributed by atoms with E-state index in [1.54, 1.807) is 18.2 Å². The second-order valence-corrected chi connectivity index (χ2v) is 9.93. The number of rotatable bonds is 6. The number of halogens is 2. The molecule has 8 heteroatoms. The smallest absolute Gasteiger partial charge is 0.243 e. The highest BCUT2D eigenvalue weighted by atomic mass is 35.5. The number of hydrogen-bond donors (Lipinski definition) is 1. The standard InChI is InChI=1S/C24H22ClFN2O3S/c25-19-9-11-20(12-10-19)32(30,31)28-14-13-17-5-1-3-7-21(17)23(28)15-24(29)27-16-18-6-2-4-8-22(18)26/h1-12,23H,13-16H2,(H,27,29). The number of sulfonamides is 1. The molecular weight excluding hydrogens is 451 g/mol. The highest BCUT2D eigenvalue weighted by Gasteiger charge is 2.37. The topological polar surface area (TPSA) is 66.5 Å². The molecule has 1 aliphatic rings. The monoisotopic (exact) mass is 472 g/mol. The van der Waals surface area contributed by atoms with Gasteiger partial charge < -0.3 is 5.32 Å². The van der Waals surface area contributed by atoms with Gasteiger partial charge in [-0.25, -0.2) is 12.8 Å². The molecule has 0 spiro atoms. The van der Waals surface area contributed by atoms with Crippen LogP contribution in [0.3, 0.4) is 0 Å². The number of carbonyl (C=O) groups is 1. The minimum atomic E-state index is -3.86. The van der Waals surface area contributed by atoms with Crippen molar-refractivity contribution in [2.45, 2.75) is 30.3 Å².